The molecule has 0 heterocycles. The summed E-state index contributed by atoms with van der Waals surface area (Å²) in [6, 6.07) is 0.611. The molecule has 0 saturated heterocycles. The van der Waals surface area contributed by atoms with Gasteiger partial charge in [0.15, 0.2) is 0 Å². The van der Waals surface area contributed by atoms with Gasteiger partial charge in [0, 0.05) is 25.3 Å². The number of nitrogens with one attached hydrogen (secondary N) is 1. The van der Waals surface area contributed by atoms with E-state index in [1.807, 2.05) is 0 Å². The fraction of sp³-hybridized carbons (Fsp3) is 1.00. The summed E-state index contributed by atoms with van der Waals surface area (Å²) < 4.78 is 5.23. The minimum absolute atomic E-state index is 0.375. The molecule has 1 saturated carbocycles. The van der Waals surface area contributed by atoms with Crippen LogP contribution in [0.3, 0.4) is 0 Å². The standard InChI is InChI=1S/C13H27NO/c1-11(2)12(3)14-13(9-10-15-4)7-5-6-8-13/h11-12,14H,5-10H2,1-4H3. The van der Waals surface area contributed by atoms with E-state index in [-0.39, 0.29) is 0 Å². The zero-order chi connectivity index (χ0) is 11.3. The van der Waals surface area contributed by atoms with Gasteiger partial charge in [0.25, 0.3) is 0 Å². The second-order valence-corrected chi connectivity index (χ2v) is 5.41. The van der Waals surface area contributed by atoms with E-state index in [0.29, 0.717) is 17.5 Å². The smallest absolute Gasteiger partial charge is 0.0479 e. The highest BCUT2D eigenvalue weighted by Crippen LogP contribution is 2.33. The average molecular weight is 213 g/mol. The van der Waals surface area contributed by atoms with Crippen LogP contribution in [0.2, 0.25) is 0 Å². The number of ether oxygens (including phenoxy) is 1. The van der Waals surface area contributed by atoms with Gasteiger partial charge in [0.2, 0.25) is 0 Å². The lowest BCUT2D eigenvalue weighted by atomic mass is 9.91. The maximum absolute atomic E-state index is 5.23. The lowest BCUT2D eigenvalue weighted by Gasteiger charge is -2.35. The third-order valence-corrected chi connectivity index (χ3v) is 3.88. The van der Waals surface area contributed by atoms with Crippen molar-refractivity contribution in [2.75, 3.05) is 13.7 Å². The van der Waals surface area contributed by atoms with Gasteiger partial charge < -0.3 is 10.1 Å². The van der Waals surface area contributed by atoms with Crippen LogP contribution < -0.4 is 5.32 Å². The van der Waals surface area contributed by atoms with E-state index >= 15 is 0 Å². The Kier molecular flexibility index (Phi) is 5.07. The van der Waals surface area contributed by atoms with E-state index in [1.165, 1.54) is 32.1 Å². The van der Waals surface area contributed by atoms with Crippen LogP contribution in [-0.4, -0.2) is 25.3 Å². The van der Waals surface area contributed by atoms with Gasteiger partial charge in [-0.2, -0.15) is 0 Å². The SMILES string of the molecule is COCCC1(NC(C)C(C)C)CCCC1. The largest absolute Gasteiger partial charge is 0.385 e. The Labute approximate surface area is 94.8 Å². The number of methoxy groups -OCH3 is 1. The van der Waals surface area contributed by atoms with E-state index in [1.54, 1.807) is 7.11 Å². The van der Waals surface area contributed by atoms with Crippen molar-refractivity contribution in [3.63, 3.8) is 0 Å². The Bertz CT molecular complexity index is 173. The van der Waals surface area contributed by atoms with Crippen LogP contribution in [0.15, 0.2) is 0 Å². The highest BCUT2D eigenvalue weighted by atomic mass is 16.5. The molecule has 0 radical (unpaired) electrons. The topological polar surface area (TPSA) is 21.3 Å². The Hall–Kier alpha value is -0.0800. The van der Waals surface area contributed by atoms with Gasteiger partial charge in [-0.25, -0.2) is 0 Å². The van der Waals surface area contributed by atoms with Crippen LogP contribution in [0, 0.1) is 5.92 Å². The van der Waals surface area contributed by atoms with Crippen LogP contribution in [0.4, 0.5) is 0 Å². The molecular formula is C13H27NO. The second-order valence-electron chi connectivity index (χ2n) is 5.41. The molecule has 1 fully saturated rings. The molecule has 1 N–H and O–H groups in total. The molecule has 90 valence electrons. The van der Waals surface area contributed by atoms with Gasteiger partial charge >= 0.3 is 0 Å². The summed E-state index contributed by atoms with van der Waals surface area (Å²) in [4.78, 5) is 0. The van der Waals surface area contributed by atoms with Crippen LogP contribution in [-0.2, 0) is 4.74 Å². The molecule has 0 aromatic heterocycles. The van der Waals surface area contributed by atoms with Crippen molar-refractivity contribution in [2.45, 2.75) is 64.5 Å². The molecule has 0 aromatic rings. The first-order valence-electron chi connectivity index (χ1n) is 6.36. The maximum atomic E-state index is 5.23. The van der Waals surface area contributed by atoms with Gasteiger partial charge in [-0.3, -0.25) is 0 Å². The van der Waals surface area contributed by atoms with Crippen LogP contribution in [0.25, 0.3) is 0 Å². The fourth-order valence-electron chi connectivity index (χ4n) is 2.47. The van der Waals surface area contributed by atoms with Crippen molar-refractivity contribution >= 4 is 0 Å². The van der Waals surface area contributed by atoms with Gasteiger partial charge in [-0.05, 0) is 32.1 Å². The molecule has 1 atom stereocenters. The predicted molar refractivity (Wildman–Crippen MR) is 65.1 cm³/mol. The molecule has 15 heavy (non-hydrogen) atoms. The number of hydrogen-bond acceptors (Lipinski definition) is 2. The van der Waals surface area contributed by atoms with Crippen LogP contribution >= 0.6 is 0 Å². The summed E-state index contributed by atoms with van der Waals surface area (Å²) in [5.41, 5.74) is 0.375. The minimum Gasteiger partial charge on any atom is -0.385 e. The summed E-state index contributed by atoms with van der Waals surface area (Å²) >= 11 is 0. The third kappa shape index (κ3) is 3.76. The molecular weight excluding hydrogens is 186 g/mol. The molecule has 1 unspecified atom stereocenters. The summed E-state index contributed by atoms with van der Waals surface area (Å²) in [6.07, 6.45) is 6.57. The molecule has 1 aliphatic rings. The van der Waals surface area contributed by atoms with Crippen molar-refractivity contribution in [1.82, 2.24) is 5.32 Å². The zero-order valence-electron chi connectivity index (χ0n) is 10.8. The predicted octanol–water partition coefficient (Wildman–Crippen LogP) is 2.97. The maximum Gasteiger partial charge on any atom is 0.0479 e. The van der Waals surface area contributed by atoms with Gasteiger partial charge in [-0.1, -0.05) is 26.7 Å². The van der Waals surface area contributed by atoms with E-state index in [4.69, 9.17) is 4.74 Å². The lowest BCUT2D eigenvalue weighted by Crippen LogP contribution is -2.49. The third-order valence-electron chi connectivity index (χ3n) is 3.88. The molecule has 0 aromatic carbocycles. The van der Waals surface area contributed by atoms with Crippen LogP contribution in [0.1, 0.15) is 52.9 Å². The van der Waals surface area contributed by atoms with Crippen molar-refractivity contribution in [3.8, 4) is 0 Å². The highest BCUT2D eigenvalue weighted by molar-refractivity contribution is 4.94. The Morgan fingerprint density at radius 3 is 2.27 bits per heavy atom. The van der Waals surface area contributed by atoms with E-state index in [0.717, 1.165) is 6.61 Å². The molecule has 2 nitrogen and oxygen atoms in total. The second kappa shape index (κ2) is 5.86. The van der Waals surface area contributed by atoms with Crippen molar-refractivity contribution in [1.29, 1.82) is 0 Å². The zero-order valence-corrected chi connectivity index (χ0v) is 10.8. The molecule has 0 spiro atoms. The Balaban J connectivity index is 2.49. The molecule has 1 aliphatic carbocycles. The molecule has 0 bridgehead atoms. The van der Waals surface area contributed by atoms with Crippen molar-refractivity contribution < 1.29 is 4.74 Å². The van der Waals surface area contributed by atoms with E-state index in [2.05, 4.69) is 26.1 Å². The quantitative estimate of drug-likeness (QED) is 0.732. The first kappa shape index (κ1) is 13.0. The molecule has 1 rings (SSSR count). The highest BCUT2D eigenvalue weighted by Gasteiger charge is 2.34. The average Bonchev–Trinajstić information content (AvgIpc) is 2.64. The van der Waals surface area contributed by atoms with Gasteiger partial charge in [0.1, 0.15) is 0 Å². The van der Waals surface area contributed by atoms with Crippen molar-refractivity contribution in [3.05, 3.63) is 0 Å². The summed E-state index contributed by atoms with van der Waals surface area (Å²) in [6.45, 7) is 7.77. The molecule has 0 amide bonds. The van der Waals surface area contributed by atoms with E-state index in [9.17, 15) is 0 Å². The molecule has 0 aliphatic heterocycles. The first-order chi connectivity index (χ1) is 7.09. The Morgan fingerprint density at radius 2 is 1.80 bits per heavy atom. The van der Waals surface area contributed by atoms with Gasteiger partial charge in [-0.15, -0.1) is 0 Å². The number of hydrogen-bond donors (Lipinski definition) is 1. The van der Waals surface area contributed by atoms with Crippen molar-refractivity contribution in [2.24, 2.45) is 5.92 Å². The molecule has 2 heteroatoms. The minimum atomic E-state index is 0.375. The van der Waals surface area contributed by atoms with Crippen LogP contribution in [0.5, 0.6) is 0 Å². The summed E-state index contributed by atoms with van der Waals surface area (Å²) in [5, 5.41) is 3.85. The van der Waals surface area contributed by atoms with E-state index < -0.39 is 0 Å². The summed E-state index contributed by atoms with van der Waals surface area (Å²) in [5.74, 6) is 0.713. The normalized spacial score (nSPS) is 22.2. The first-order valence-corrected chi connectivity index (χ1v) is 6.36. The lowest BCUT2D eigenvalue weighted by molar-refractivity contribution is 0.144. The number of rotatable bonds is 6. The van der Waals surface area contributed by atoms with Gasteiger partial charge in [0.05, 0.1) is 0 Å². The Morgan fingerprint density at radius 1 is 1.20 bits per heavy atom. The summed E-state index contributed by atoms with van der Waals surface area (Å²) in [7, 11) is 1.80. The monoisotopic (exact) mass is 213 g/mol. The fourth-order valence-corrected chi connectivity index (χ4v) is 2.47.